The number of nitrogens with one attached hydrogen (secondary N) is 1. The van der Waals surface area contributed by atoms with Crippen molar-refractivity contribution in [3.63, 3.8) is 0 Å². The predicted molar refractivity (Wildman–Crippen MR) is 121 cm³/mol. The largest absolute Gasteiger partial charge is 0.493 e. The Morgan fingerprint density at radius 3 is 2.72 bits per heavy atom. The molecule has 2 aromatic carbocycles. The standard InChI is InChI=1S/C24H27NO6S/c1-13(20-21-18(12-29-20)30-24(2,3)31-21)11-28-17-7-6-15-8-14(4-5-16(15)10-17)9-19-22(26)25-23(27)32-19/h4-8,10,13,18-21H,9,11-12H2,1-3H3,(H,25,26,27)/t13?,18-,19?,20?,21-/m1/s1. The van der Waals surface area contributed by atoms with Crippen LogP contribution in [0, 0.1) is 5.92 Å². The van der Waals surface area contributed by atoms with E-state index in [2.05, 4.69) is 18.3 Å². The van der Waals surface area contributed by atoms with Crippen molar-refractivity contribution in [1.82, 2.24) is 5.32 Å². The first-order valence-electron chi connectivity index (χ1n) is 10.9. The van der Waals surface area contributed by atoms with E-state index in [0.29, 0.717) is 19.6 Å². The molecule has 170 valence electrons. The average Bonchev–Trinajstić information content (AvgIpc) is 3.36. The van der Waals surface area contributed by atoms with E-state index in [4.69, 9.17) is 18.9 Å². The summed E-state index contributed by atoms with van der Waals surface area (Å²) in [7, 11) is 0. The number of benzene rings is 2. The SMILES string of the molecule is CC(COc1ccc2cc(CC3SC(=O)NC3=O)ccc2c1)C1OC[C@H]2OC(C)(C)O[C@@H]12. The summed E-state index contributed by atoms with van der Waals surface area (Å²) in [5.74, 6) is 0.171. The molecule has 5 atom stereocenters. The van der Waals surface area contributed by atoms with Crippen LogP contribution < -0.4 is 10.1 Å². The Morgan fingerprint density at radius 1 is 1.16 bits per heavy atom. The van der Waals surface area contributed by atoms with Gasteiger partial charge in [-0.05, 0) is 48.7 Å². The van der Waals surface area contributed by atoms with Crippen LogP contribution in [0.5, 0.6) is 5.75 Å². The topological polar surface area (TPSA) is 83.1 Å². The predicted octanol–water partition coefficient (Wildman–Crippen LogP) is 3.67. The Labute approximate surface area is 191 Å². The van der Waals surface area contributed by atoms with Crippen LogP contribution in [0.1, 0.15) is 26.3 Å². The van der Waals surface area contributed by atoms with Crippen molar-refractivity contribution in [2.24, 2.45) is 5.92 Å². The molecule has 5 rings (SSSR count). The van der Waals surface area contributed by atoms with Crippen LogP contribution >= 0.6 is 11.8 Å². The maximum atomic E-state index is 11.8. The highest BCUT2D eigenvalue weighted by Crippen LogP contribution is 2.38. The molecule has 0 aromatic heterocycles. The lowest BCUT2D eigenvalue weighted by Gasteiger charge is -2.25. The second kappa shape index (κ2) is 8.33. The molecule has 3 aliphatic heterocycles. The molecule has 7 nitrogen and oxygen atoms in total. The summed E-state index contributed by atoms with van der Waals surface area (Å²) in [6.07, 6.45) is 0.399. The first-order valence-corrected chi connectivity index (χ1v) is 11.8. The number of amides is 2. The van der Waals surface area contributed by atoms with Gasteiger partial charge in [0, 0.05) is 5.92 Å². The van der Waals surface area contributed by atoms with Crippen LogP contribution in [-0.2, 0) is 25.4 Å². The Kier molecular flexibility index (Phi) is 5.65. The third-order valence-corrected chi connectivity index (χ3v) is 7.12. The molecule has 3 aliphatic rings. The van der Waals surface area contributed by atoms with E-state index in [0.717, 1.165) is 33.8 Å². The van der Waals surface area contributed by atoms with Crippen molar-refractivity contribution < 1.29 is 28.5 Å². The van der Waals surface area contributed by atoms with Crippen molar-refractivity contribution in [3.05, 3.63) is 42.0 Å². The van der Waals surface area contributed by atoms with E-state index in [1.54, 1.807) is 0 Å². The normalized spacial score (nSPS) is 29.8. The van der Waals surface area contributed by atoms with Gasteiger partial charge < -0.3 is 18.9 Å². The van der Waals surface area contributed by atoms with E-state index in [1.165, 1.54) is 0 Å². The van der Waals surface area contributed by atoms with Crippen LogP contribution in [-0.4, -0.2) is 53.7 Å². The molecule has 3 saturated heterocycles. The van der Waals surface area contributed by atoms with Crippen molar-refractivity contribution in [3.8, 4) is 5.75 Å². The number of imide groups is 1. The van der Waals surface area contributed by atoms with Crippen molar-refractivity contribution >= 4 is 33.7 Å². The molecule has 0 saturated carbocycles. The quantitative estimate of drug-likeness (QED) is 0.709. The lowest BCUT2D eigenvalue weighted by atomic mass is 9.99. The van der Waals surface area contributed by atoms with E-state index in [1.807, 2.05) is 44.2 Å². The highest BCUT2D eigenvalue weighted by molar-refractivity contribution is 8.15. The maximum Gasteiger partial charge on any atom is 0.286 e. The molecule has 8 heteroatoms. The van der Waals surface area contributed by atoms with Gasteiger partial charge in [0.15, 0.2) is 5.79 Å². The van der Waals surface area contributed by atoms with Gasteiger partial charge in [-0.25, -0.2) is 0 Å². The minimum atomic E-state index is -0.565. The minimum Gasteiger partial charge on any atom is -0.493 e. The lowest BCUT2D eigenvalue weighted by molar-refractivity contribution is -0.180. The van der Waals surface area contributed by atoms with Gasteiger partial charge in [-0.15, -0.1) is 0 Å². The number of carbonyl (C=O) groups excluding carboxylic acids is 2. The van der Waals surface area contributed by atoms with Gasteiger partial charge >= 0.3 is 0 Å². The van der Waals surface area contributed by atoms with Crippen LogP contribution in [0.2, 0.25) is 0 Å². The van der Waals surface area contributed by atoms with Gasteiger partial charge in [-0.1, -0.05) is 43.0 Å². The number of hydrogen-bond acceptors (Lipinski definition) is 7. The Balaban J connectivity index is 1.21. The summed E-state index contributed by atoms with van der Waals surface area (Å²) in [6, 6.07) is 12.1. The first-order chi connectivity index (χ1) is 15.3. The van der Waals surface area contributed by atoms with E-state index >= 15 is 0 Å². The minimum absolute atomic E-state index is 0.0147. The number of fused-ring (bicyclic) bond motifs is 2. The highest BCUT2D eigenvalue weighted by atomic mass is 32.2. The number of thioether (sulfide) groups is 1. The second-order valence-electron chi connectivity index (χ2n) is 9.16. The van der Waals surface area contributed by atoms with Crippen LogP contribution in [0.3, 0.4) is 0 Å². The fourth-order valence-electron chi connectivity index (χ4n) is 4.61. The van der Waals surface area contributed by atoms with E-state index in [9.17, 15) is 9.59 Å². The summed E-state index contributed by atoms with van der Waals surface area (Å²) in [5, 5.41) is 3.83. The third-order valence-electron chi connectivity index (χ3n) is 6.14. The molecular formula is C24H27NO6S. The van der Waals surface area contributed by atoms with Gasteiger partial charge in [-0.2, -0.15) is 0 Å². The summed E-state index contributed by atoms with van der Waals surface area (Å²) in [4.78, 5) is 23.2. The van der Waals surface area contributed by atoms with Crippen molar-refractivity contribution in [2.75, 3.05) is 13.2 Å². The fraction of sp³-hybridized carbons (Fsp3) is 0.500. The summed E-state index contributed by atoms with van der Waals surface area (Å²) >= 11 is 1.05. The number of rotatable bonds is 6. The number of hydrogen-bond donors (Lipinski definition) is 1. The van der Waals surface area contributed by atoms with Crippen LogP contribution in [0.4, 0.5) is 4.79 Å². The molecule has 3 unspecified atom stereocenters. The lowest BCUT2D eigenvalue weighted by Crippen LogP contribution is -2.36. The van der Waals surface area contributed by atoms with Crippen molar-refractivity contribution in [1.29, 1.82) is 0 Å². The van der Waals surface area contributed by atoms with Crippen LogP contribution in [0.15, 0.2) is 36.4 Å². The van der Waals surface area contributed by atoms with Gasteiger partial charge in [0.1, 0.15) is 18.0 Å². The van der Waals surface area contributed by atoms with Crippen LogP contribution in [0.25, 0.3) is 10.8 Å². The highest BCUT2D eigenvalue weighted by Gasteiger charge is 2.51. The van der Waals surface area contributed by atoms with Gasteiger partial charge in [0.05, 0.1) is 24.6 Å². The average molecular weight is 458 g/mol. The summed E-state index contributed by atoms with van der Waals surface area (Å²) in [5.41, 5.74) is 1.02. The van der Waals surface area contributed by atoms with E-state index < -0.39 is 5.79 Å². The molecule has 2 aromatic rings. The smallest absolute Gasteiger partial charge is 0.286 e. The Bertz CT molecular complexity index is 1060. The zero-order chi connectivity index (χ0) is 22.5. The van der Waals surface area contributed by atoms with Gasteiger partial charge in [0.2, 0.25) is 5.91 Å². The fourth-order valence-corrected chi connectivity index (χ4v) is 5.47. The first kappa shape index (κ1) is 21.7. The molecule has 0 aliphatic carbocycles. The zero-order valence-corrected chi connectivity index (χ0v) is 19.1. The second-order valence-corrected chi connectivity index (χ2v) is 10.3. The third kappa shape index (κ3) is 4.37. The molecule has 0 bridgehead atoms. The van der Waals surface area contributed by atoms with E-state index in [-0.39, 0.29) is 40.6 Å². The summed E-state index contributed by atoms with van der Waals surface area (Å²) < 4.78 is 24.0. The number of ether oxygens (including phenoxy) is 4. The molecule has 2 amide bonds. The molecule has 1 N–H and O–H groups in total. The molecule has 0 spiro atoms. The molecule has 3 fully saturated rings. The molecule has 3 heterocycles. The number of carbonyl (C=O) groups is 2. The van der Waals surface area contributed by atoms with Gasteiger partial charge in [-0.3, -0.25) is 14.9 Å². The summed E-state index contributed by atoms with van der Waals surface area (Å²) in [6.45, 7) is 7.05. The molecular weight excluding hydrogens is 430 g/mol. The monoisotopic (exact) mass is 457 g/mol. The Hall–Kier alpha value is -2.13. The zero-order valence-electron chi connectivity index (χ0n) is 18.3. The van der Waals surface area contributed by atoms with Gasteiger partial charge in [0.25, 0.3) is 5.24 Å². The maximum absolute atomic E-state index is 11.8. The molecule has 0 radical (unpaired) electrons. The Morgan fingerprint density at radius 2 is 1.94 bits per heavy atom. The molecule has 32 heavy (non-hydrogen) atoms. The van der Waals surface area contributed by atoms with Crippen molar-refractivity contribution in [2.45, 2.75) is 56.5 Å².